The van der Waals surface area contributed by atoms with Crippen molar-refractivity contribution in [1.82, 2.24) is 9.88 Å². The van der Waals surface area contributed by atoms with Gasteiger partial charge in [-0.3, -0.25) is 14.6 Å². The molecule has 1 aliphatic heterocycles. The van der Waals surface area contributed by atoms with E-state index in [1.807, 2.05) is 0 Å². The lowest BCUT2D eigenvalue weighted by molar-refractivity contribution is -0.129. The van der Waals surface area contributed by atoms with Crippen molar-refractivity contribution in [1.29, 1.82) is 0 Å². The fourth-order valence-corrected chi connectivity index (χ4v) is 2.79. The highest BCUT2D eigenvalue weighted by Gasteiger charge is 2.45. The van der Waals surface area contributed by atoms with Gasteiger partial charge in [-0.2, -0.15) is 0 Å². The molecule has 24 heavy (non-hydrogen) atoms. The Labute approximate surface area is 142 Å². The molecule has 1 aromatic rings. The summed E-state index contributed by atoms with van der Waals surface area (Å²) in [5, 5.41) is 10.4. The molecule has 0 fully saturated rings. The molecule has 2 heterocycles. The molecule has 0 aromatic carbocycles. The van der Waals surface area contributed by atoms with Gasteiger partial charge in [0.2, 0.25) is 0 Å². The van der Waals surface area contributed by atoms with Crippen LogP contribution in [-0.4, -0.2) is 46.9 Å². The van der Waals surface area contributed by atoms with Gasteiger partial charge < -0.3 is 14.7 Å². The first kappa shape index (κ1) is 18.1. The highest BCUT2D eigenvalue weighted by molar-refractivity contribution is 6.10. The predicted octanol–water partition coefficient (Wildman–Crippen LogP) is 2.43. The van der Waals surface area contributed by atoms with Crippen LogP contribution in [0.3, 0.4) is 0 Å². The summed E-state index contributed by atoms with van der Waals surface area (Å²) in [6.07, 6.45) is 3.84. The SMILES string of the molecule is COCCCN1C(=O)C(O)=C(C(=O)C(C)(C)C)C1c1ccncc1. The summed E-state index contributed by atoms with van der Waals surface area (Å²) in [6, 6.07) is 2.93. The number of carbonyl (C=O) groups is 2. The van der Waals surface area contributed by atoms with Crippen molar-refractivity contribution in [2.75, 3.05) is 20.3 Å². The molecule has 1 aromatic heterocycles. The number of rotatable bonds is 6. The van der Waals surface area contributed by atoms with Crippen LogP contribution < -0.4 is 0 Å². The Morgan fingerprint density at radius 1 is 1.33 bits per heavy atom. The third kappa shape index (κ3) is 3.48. The zero-order chi connectivity index (χ0) is 17.9. The van der Waals surface area contributed by atoms with Gasteiger partial charge in [0.15, 0.2) is 11.5 Å². The minimum Gasteiger partial charge on any atom is -0.503 e. The summed E-state index contributed by atoms with van der Waals surface area (Å²) in [6.45, 7) is 6.21. The maximum absolute atomic E-state index is 12.8. The molecule has 0 saturated carbocycles. The molecule has 0 bridgehead atoms. The molecule has 0 aliphatic carbocycles. The number of Topliss-reactive ketones (excluding diaryl/α,β-unsaturated/α-hetero) is 1. The molecule has 2 rings (SSSR count). The number of methoxy groups -OCH3 is 1. The third-order valence-electron chi connectivity index (χ3n) is 4.00. The number of aliphatic hydroxyl groups excluding tert-OH is 1. The molecule has 1 atom stereocenters. The molecule has 6 heteroatoms. The van der Waals surface area contributed by atoms with E-state index in [2.05, 4.69) is 4.98 Å². The first-order valence-electron chi connectivity index (χ1n) is 7.96. The van der Waals surface area contributed by atoms with E-state index >= 15 is 0 Å². The quantitative estimate of drug-likeness (QED) is 0.809. The minimum atomic E-state index is -0.697. The van der Waals surface area contributed by atoms with Gasteiger partial charge in [0.05, 0.1) is 11.6 Å². The van der Waals surface area contributed by atoms with Crippen LogP contribution in [0.15, 0.2) is 35.9 Å². The Hall–Kier alpha value is -2.21. The molecule has 1 N–H and O–H groups in total. The standard InChI is InChI=1S/C18H24N2O4/c1-18(2,3)16(22)13-14(12-6-8-19-9-7-12)20(10-5-11-24-4)17(23)15(13)21/h6-9,14,21H,5,10-11H2,1-4H3. The number of carbonyl (C=O) groups excluding carboxylic acids is 2. The number of amides is 1. The first-order chi connectivity index (χ1) is 11.3. The summed E-state index contributed by atoms with van der Waals surface area (Å²) in [5.41, 5.74) is 0.223. The fourth-order valence-electron chi connectivity index (χ4n) is 2.79. The zero-order valence-electron chi connectivity index (χ0n) is 14.6. The van der Waals surface area contributed by atoms with E-state index < -0.39 is 23.1 Å². The smallest absolute Gasteiger partial charge is 0.290 e. The second kappa shape index (κ2) is 7.13. The van der Waals surface area contributed by atoms with Crippen molar-refractivity contribution in [3.05, 3.63) is 41.4 Å². The highest BCUT2D eigenvalue weighted by atomic mass is 16.5. The second-order valence-electron chi connectivity index (χ2n) is 6.87. The average Bonchev–Trinajstić information content (AvgIpc) is 2.79. The Balaban J connectivity index is 2.46. The molecule has 0 spiro atoms. The van der Waals surface area contributed by atoms with Crippen molar-refractivity contribution < 1.29 is 19.4 Å². The molecule has 0 radical (unpaired) electrons. The Morgan fingerprint density at radius 2 is 1.96 bits per heavy atom. The summed E-state index contributed by atoms with van der Waals surface area (Å²) < 4.78 is 5.04. The van der Waals surface area contributed by atoms with Crippen LogP contribution in [0, 0.1) is 5.41 Å². The Morgan fingerprint density at radius 3 is 2.50 bits per heavy atom. The van der Waals surface area contributed by atoms with Crippen molar-refractivity contribution in [3.63, 3.8) is 0 Å². The zero-order valence-corrected chi connectivity index (χ0v) is 14.6. The molecule has 1 aliphatic rings. The number of ether oxygens (including phenoxy) is 1. The van der Waals surface area contributed by atoms with E-state index in [1.54, 1.807) is 52.4 Å². The first-order valence-corrected chi connectivity index (χ1v) is 7.96. The summed E-state index contributed by atoms with van der Waals surface area (Å²) in [7, 11) is 1.59. The van der Waals surface area contributed by atoms with Gasteiger partial charge in [0, 0.05) is 38.1 Å². The maximum atomic E-state index is 12.8. The molecule has 1 unspecified atom stereocenters. The molecule has 6 nitrogen and oxygen atoms in total. The van der Waals surface area contributed by atoms with Crippen molar-refractivity contribution in [3.8, 4) is 0 Å². The Bertz CT molecular complexity index is 647. The molecule has 1 amide bonds. The molecule has 0 saturated heterocycles. The number of nitrogens with zero attached hydrogens (tertiary/aromatic N) is 2. The lowest BCUT2D eigenvalue weighted by atomic mass is 9.82. The molecular weight excluding hydrogens is 308 g/mol. The highest BCUT2D eigenvalue weighted by Crippen LogP contribution is 2.40. The number of pyridine rings is 1. The number of hydrogen-bond donors (Lipinski definition) is 1. The van der Waals surface area contributed by atoms with Gasteiger partial charge in [-0.1, -0.05) is 20.8 Å². The monoisotopic (exact) mass is 332 g/mol. The van der Waals surface area contributed by atoms with Crippen LogP contribution in [0.1, 0.15) is 38.8 Å². The van der Waals surface area contributed by atoms with E-state index in [-0.39, 0.29) is 11.4 Å². The largest absolute Gasteiger partial charge is 0.503 e. The minimum absolute atomic E-state index is 0.163. The number of aliphatic hydroxyl groups is 1. The van der Waals surface area contributed by atoms with Crippen molar-refractivity contribution >= 4 is 11.7 Å². The lowest BCUT2D eigenvalue weighted by Gasteiger charge is -2.28. The van der Waals surface area contributed by atoms with Crippen molar-refractivity contribution in [2.24, 2.45) is 5.41 Å². The van der Waals surface area contributed by atoms with Gasteiger partial charge >= 0.3 is 0 Å². The molecule has 130 valence electrons. The van der Waals surface area contributed by atoms with E-state index in [4.69, 9.17) is 4.74 Å². The average molecular weight is 332 g/mol. The number of ketones is 1. The van der Waals surface area contributed by atoms with E-state index in [0.717, 1.165) is 5.56 Å². The van der Waals surface area contributed by atoms with Crippen LogP contribution in [0.4, 0.5) is 0 Å². The van der Waals surface area contributed by atoms with E-state index in [1.165, 1.54) is 4.90 Å². The Kier molecular flexibility index (Phi) is 5.39. The van der Waals surface area contributed by atoms with Gasteiger partial charge in [-0.15, -0.1) is 0 Å². The van der Waals surface area contributed by atoms with Crippen LogP contribution in [-0.2, 0) is 14.3 Å². The van der Waals surface area contributed by atoms with Gasteiger partial charge in [0.1, 0.15) is 0 Å². The van der Waals surface area contributed by atoms with Crippen LogP contribution in [0.25, 0.3) is 0 Å². The van der Waals surface area contributed by atoms with Crippen LogP contribution in [0.2, 0.25) is 0 Å². The van der Waals surface area contributed by atoms with Crippen LogP contribution >= 0.6 is 0 Å². The van der Waals surface area contributed by atoms with Gasteiger partial charge in [-0.25, -0.2) is 0 Å². The summed E-state index contributed by atoms with van der Waals surface area (Å²) >= 11 is 0. The third-order valence-corrected chi connectivity index (χ3v) is 4.00. The van der Waals surface area contributed by atoms with Crippen molar-refractivity contribution in [2.45, 2.75) is 33.2 Å². The number of aromatic nitrogens is 1. The summed E-state index contributed by atoms with van der Waals surface area (Å²) in [4.78, 5) is 30.9. The second-order valence-corrected chi connectivity index (χ2v) is 6.87. The van der Waals surface area contributed by atoms with Gasteiger partial charge in [0.25, 0.3) is 5.91 Å². The van der Waals surface area contributed by atoms with E-state index in [9.17, 15) is 14.7 Å². The molecular formula is C18H24N2O4. The normalized spacial score (nSPS) is 18.4. The predicted molar refractivity (Wildman–Crippen MR) is 89.3 cm³/mol. The topological polar surface area (TPSA) is 79.7 Å². The van der Waals surface area contributed by atoms with Crippen LogP contribution in [0.5, 0.6) is 0 Å². The lowest BCUT2D eigenvalue weighted by Crippen LogP contribution is -2.34. The fraction of sp³-hybridized carbons (Fsp3) is 0.500. The van der Waals surface area contributed by atoms with Gasteiger partial charge in [-0.05, 0) is 24.1 Å². The van der Waals surface area contributed by atoms with E-state index in [0.29, 0.717) is 19.6 Å². The maximum Gasteiger partial charge on any atom is 0.290 e. The summed E-state index contributed by atoms with van der Waals surface area (Å²) in [5.74, 6) is -1.20. The number of hydrogen-bond acceptors (Lipinski definition) is 5.